The second-order valence-corrected chi connectivity index (χ2v) is 5.78. The average molecular weight is 266 g/mol. The van der Waals surface area contributed by atoms with E-state index in [0.717, 1.165) is 25.2 Å². The van der Waals surface area contributed by atoms with Gasteiger partial charge in [0.25, 0.3) is 0 Å². The Morgan fingerprint density at radius 2 is 2.11 bits per heavy atom. The number of aliphatic hydroxyl groups excluding tert-OH is 1. The van der Waals surface area contributed by atoms with Gasteiger partial charge < -0.3 is 10.0 Å². The van der Waals surface area contributed by atoms with Crippen molar-refractivity contribution in [1.82, 2.24) is 4.98 Å². The molecule has 0 spiro atoms. The predicted octanol–water partition coefficient (Wildman–Crippen LogP) is 3.12. The van der Waals surface area contributed by atoms with Crippen LogP contribution in [-0.2, 0) is 6.61 Å². The summed E-state index contributed by atoms with van der Waals surface area (Å²) in [6, 6.07) is 1.87. The molecule has 1 N–H and O–H groups in total. The number of rotatable bonds is 5. The Morgan fingerprint density at radius 3 is 2.68 bits per heavy atom. The largest absolute Gasteiger partial charge is 0.392 e. The lowest BCUT2D eigenvalue weighted by Gasteiger charge is -2.33. The lowest BCUT2D eigenvalue weighted by atomic mass is 10.1. The van der Waals surface area contributed by atoms with Gasteiger partial charge in [-0.1, -0.05) is 26.7 Å². The first kappa shape index (κ1) is 14.3. The first-order chi connectivity index (χ1) is 9.11. The lowest BCUT2D eigenvalue weighted by Crippen LogP contribution is -2.37. The summed E-state index contributed by atoms with van der Waals surface area (Å²) >= 11 is 0. The van der Waals surface area contributed by atoms with Crippen LogP contribution in [0, 0.1) is 11.7 Å². The van der Waals surface area contributed by atoms with Crippen molar-refractivity contribution in [2.45, 2.75) is 52.2 Å². The quantitative estimate of drug-likeness (QED) is 0.889. The smallest absolute Gasteiger partial charge is 0.142 e. The fourth-order valence-electron chi connectivity index (χ4n) is 2.87. The molecule has 0 bridgehead atoms. The lowest BCUT2D eigenvalue weighted by molar-refractivity contribution is 0.280. The van der Waals surface area contributed by atoms with Crippen LogP contribution in [0.3, 0.4) is 0 Å². The van der Waals surface area contributed by atoms with E-state index >= 15 is 0 Å². The molecule has 1 aliphatic rings. The van der Waals surface area contributed by atoms with Crippen LogP contribution in [0.2, 0.25) is 0 Å². The van der Waals surface area contributed by atoms with Crippen LogP contribution in [-0.4, -0.2) is 22.7 Å². The van der Waals surface area contributed by atoms with Crippen LogP contribution < -0.4 is 4.90 Å². The molecule has 3 nitrogen and oxygen atoms in total. The molecule has 106 valence electrons. The standard InChI is InChI=1S/C15H23FN2O/c1-11(2)9-18(14-5-3-4-6-14)15-12(10-19)7-13(16)8-17-15/h7-8,11,14,19H,3-6,9-10H2,1-2H3. The molecule has 0 aliphatic heterocycles. The zero-order valence-corrected chi connectivity index (χ0v) is 11.8. The molecule has 0 aromatic carbocycles. The summed E-state index contributed by atoms with van der Waals surface area (Å²) in [5.41, 5.74) is 0.590. The first-order valence-corrected chi connectivity index (χ1v) is 7.13. The molecule has 1 saturated carbocycles. The average Bonchev–Trinajstić information content (AvgIpc) is 2.89. The maximum Gasteiger partial charge on any atom is 0.142 e. The fourth-order valence-corrected chi connectivity index (χ4v) is 2.87. The van der Waals surface area contributed by atoms with Gasteiger partial charge in [0.15, 0.2) is 0 Å². The van der Waals surface area contributed by atoms with E-state index in [2.05, 4.69) is 23.7 Å². The molecule has 0 unspecified atom stereocenters. The van der Waals surface area contributed by atoms with E-state index in [4.69, 9.17) is 0 Å². The molecule has 0 atom stereocenters. The SMILES string of the molecule is CC(C)CN(c1ncc(F)cc1CO)C1CCCC1. The predicted molar refractivity (Wildman–Crippen MR) is 74.6 cm³/mol. The Bertz CT molecular complexity index is 417. The highest BCUT2D eigenvalue weighted by Gasteiger charge is 2.26. The summed E-state index contributed by atoms with van der Waals surface area (Å²) in [4.78, 5) is 6.50. The van der Waals surface area contributed by atoms with Gasteiger partial charge in [0.1, 0.15) is 11.6 Å². The van der Waals surface area contributed by atoms with E-state index in [1.54, 1.807) is 0 Å². The summed E-state index contributed by atoms with van der Waals surface area (Å²) in [7, 11) is 0. The van der Waals surface area contributed by atoms with Crippen molar-refractivity contribution in [2.24, 2.45) is 5.92 Å². The molecular weight excluding hydrogens is 243 g/mol. The van der Waals surface area contributed by atoms with Crippen molar-refractivity contribution in [3.8, 4) is 0 Å². The summed E-state index contributed by atoms with van der Waals surface area (Å²) in [6.07, 6.45) is 6.06. The second kappa shape index (κ2) is 6.33. The minimum absolute atomic E-state index is 0.165. The molecule has 0 radical (unpaired) electrons. The molecule has 0 saturated heterocycles. The maximum atomic E-state index is 13.2. The normalized spacial score (nSPS) is 16.3. The Kier molecular flexibility index (Phi) is 4.75. The van der Waals surface area contributed by atoms with Crippen molar-refractivity contribution in [3.63, 3.8) is 0 Å². The van der Waals surface area contributed by atoms with Crippen LogP contribution in [0.15, 0.2) is 12.3 Å². The van der Waals surface area contributed by atoms with Gasteiger partial charge in [-0.3, -0.25) is 0 Å². The van der Waals surface area contributed by atoms with Gasteiger partial charge in [0, 0.05) is 18.2 Å². The van der Waals surface area contributed by atoms with Crippen molar-refractivity contribution >= 4 is 5.82 Å². The van der Waals surface area contributed by atoms with Gasteiger partial charge in [-0.05, 0) is 24.8 Å². The third-order valence-corrected chi connectivity index (χ3v) is 3.68. The molecule has 1 aromatic heterocycles. The Labute approximate surface area is 114 Å². The number of halogens is 1. The van der Waals surface area contributed by atoms with E-state index in [-0.39, 0.29) is 12.4 Å². The molecule has 19 heavy (non-hydrogen) atoms. The molecule has 1 aromatic rings. The Hall–Kier alpha value is -1.16. The molecule has 2 rings (SSSR count). The fraction of sp³-hybridized carbons (Fsp3) is 0.667. The van der Waals surface area contributed by atoms with Crippen LogP contribution in [0.5, 0.6) is 0 Å². The van der Waals surface area contributed by atoms with Crippen LogP contribution in [0.4, 0.5) is 10.2 Å². The first-order valence-electron chi connectivity index (χ1n) is 7.13. The van der Waals surface area contributed by atoms with Crippen molar-refractivity contribution < 1.29 is 9.50 Å². The molecule has 1 aliphatic carbocycles. The number of aliphatic hydroxyl groups is 1. The van der Waals surface area contributed by atoms with Gasteiger partial charge in [0.2, 0.25) is 0 Å². The van der Waals surface area contributed by atoms with Gasteiger partial charge in [-0.2, -0.15) is 0 Å². The van der Waals surface area contributed by atoms with Gasteiger partial charge >= 0.3 is 0 Å². The van der Waals surface area contributed by atoms with E-state index in [0.29, 0.717) is 17.5 Å². The second-order valence-electron chi connectivity index (χ2n) is 5.78. The Morgan fingerprint density at radius 1 is 1.42 bits per heavy atom. The third-order valence-electron chi connectivity index (χ3n) is 3.68. The van der Waals surface area contributed by atoms with Crippen molar-refractivity contribution in [3.05, 3.63) is 23.6 Å². The highest BCUT2D eigenvalue weighted by molar-refractivity contribution is 5.48. The maximum absolute atomic E-state index is 13.2. The molecule has 4 heteroatoms. The summed E-state index contributed by atoms with van der Waals surface area (Å²) in [5.74, 6) is 0.882. The van der Waals surface area contributed by atoms with Crippen LogP contribution >= 0.6 is 0 Å². The zero-order chi connectivity index (χ0) is 13.8. The van der Waals surface area contributed by atoms with Crippen molar-refractivity contribution in [1.29, 1.82) is 0 Å². The van der Waals surface area contributed by atoms with Crippen molar-refractivity contribution in [2.75, 3.05) is 11.4 Å². The van der Waals surface area contributed by atoms with Gasteiger partial charge in [-0.15, -0.1) is 0 Å². The van der Waals surface area contributed by atoms with Crippen LogP contribution in [0.1, 0.15) is 45.1 Å². The number of pyridine rings is 1. The summed E-state index contributed by atoms with van der Waals surface area (Å²) in [6.45, 7) is 5.08. The zero-order valence-electron chi connectivity index (χ0n) is 11.8. The number of nitrogens with zero attached hydrogens (tertiary/aromatic N) is 2. The number of anilines is 1. The number of aromatic nitrogens is 1. The summed E-state index contributed by atoms with van der Waals surface area (Å²) < 4.78 is 13.2. The number of hydrogen-bond acceptors (Lipinski definition) is 3. The topological polar surface area (TPSA) is 36.4 Å². The van der Waals surface area contributed by atoms with E-state index < -0.39 is 0 Å². The molecular formula is C15H23FN2O. The van der Waals surface area contributed by atoms with Gasteiger partial charge in [0.05, 0.1) is 12.8 Å². The molecule has 0 amide bonds. The minimum Gasteiger partial charge on any atom is -0.392 e. The van der Waals surface area contributed by atoms with E-state index in [1.165, 1.54) is 25.1 Å². The Balaban J connectivity index is 2.30. The van der Waals surface area contributed by atoms with E-state index in [9.17, 15) is 9.50 Å². The minimum atomic E-state index is -0.385. The van der Waals surface area contributed by atoms with Crippen LogP contribution in [0.25, 0.3) is 0 Å². The van der Waals surface area contributed by atoms with E-state index in [1.807, 2.05) is 0 Å². The molecule has 1 fully saturated rings. The summed E-state index contributed by atoms with van der Waals surface area (Å²) in [5, 5.41) is 9.44. The highest BCUT2D eigenvalue weighted by atomic mass is 19.1. The molecule has 1 heterocycles. The number of hydrogen-bond donors (Lipinski definition) is 1. The van der Waals surface area contributed by atoms with Gasteiger partial charge in [-0.25, -0.2) is 9.37 Å². The third kappa shape index (κ3) is 3.44. The monoisotopic (exact) mass is 266 g/mol. The highest BCUT2D eigenvalue weighted by Crippen LogP contribution is 2.30.